The van der Waals surface area contributed by atoms with Gasteiger partial charge in [-0.3, -0.25) is 4.98 Å². The maximum atomic E-state index is 5.03. The fourth-order valence-electron chi connectivity index (χ4n) is 4.07. The highest BCUT2D eigenvalue weighted by Gasteiger charge is 2.09. The van der Waals surface area contributed by atoms with Gasteiger partial charge in [0.25, 0.3) is 0 Å². The number of nitrogens with zero attached hydrogens (tertiary/aromatic N) is 3. The van der Waals surface area contributed by atoms with Crippen LogP contribution < -0.4 is 0 Å². The van der Waals surface area contributed by atoms with E-state index in [0.717, 1.165) is 44.3 Å². The van der Waals surface area contributed by atoms with Gasteiger partial charge in [0.15, 0.2) is 0 Å². The van der Waals surface area contributed by atoms with Gasteiger partial charge in [0.2, 0.25) is 0 Å². The van der Waals surface area contributed by atoms with Crippen molar-refractivity contribution < 1.29 is 0 Å². The van der Waals surface area contributed by atoms with Gasteiger partial charge in [-0.25, -0.2) is 9.97 Å². The highest BCUT2D eigenvalue weighted by Crippen LogP contribution is 2.29. The normalized spacial score (nSPS) is 11.1. The smallest absolute Gasteiger partial charge is 0.0972 e. The largest absolute Gasteiger partial charge is 0.264 e. The Balaban J connectivity index is 1.46. The maximum absolute atomic E-state index is 5.03. The summed E-state index contributed by atoms with van der Waals surface area (Å²) in [4.78, 5) is 14.2. The molecule has 0 unspecified atom stereocenters. The molecule has 3 aromatic heterocycles. The van der Waals surface area contributed by atoms with Crippen molar-refractivity contribution >= 4 is 21.8 Å². The number of rotatable bonds is 3. The summed E-state index contributed by atoms with van der Waals surface area (Å²) in [5.74, 6) is 0. The van der Waals surface area contributed by atoms with Crippen LogP contribution in [0.15, 0.2) is 116 Å². The van der Waals surface area contributed by atoms with Gasteiger partial charge in [0.1, 0.15) is 0 Å². The highest BCUT2D eigenvalue weighted by molar-refractivity contribution is 6.04. The Hall–Kier alpha value is -4.37. The highest BCUT2D eigenvalue weighted by atomic mass is 14.8. The Morgan fingerprint density at radius 2 is 0.938 bits per heavy atom. The molecule has 0 saturated carbocycles. The molecule has 3 heteroatoms. The van der Waals surface area contributed by atoms with Crippen molar-refractivity contribution in [1.29, 1.82) is 0 Å². The van der Waals surface area contributed by atoms with Crippen LogP contribution in [0, 0.1) is 0 Å². The van der Waals surface area contributed by atoms with Crippen LogP contribution in [0.5, 0.6) is 0 Å². The molecular weight excluding hydrogens is 390 g/mol. The number of fused-ring (bicyclic) bond motifs is 3. The maximum Gasteiger partial charge on any atom is 0.0972 e. The van der Waals surface area contributed by atoms with Crippen LogP contribution in [-0.2, 0) is 0 Å². The van der Waals surface area contributed by atoms with E-state index in [1.165, 1.54) is 11.1 Å². The lowest BCUT2D eigenvalue weighted by Gasteiger charge is -2.09. The zero-order valence-electron chi connectivity index (χ0n) is 17.3. The molecule has 0 aliphatic carbocycles. The number of hydrogen-bond acceptors (Lipinski definition) is 3. The van der Waals surface area contributed by atoms with Gasteiger partial charge in [-0.05, 0) is 35.4 Å². The molecule has 0 N–H and O–H groups in total. The monoisotopic (exact) mass is 409 g/mol. The Morgan fingerprint density at radius 3 is 1.56 bits per heavy atom. The first-order chi connectivity index (χ1) is 15.8. The molecule has 0 bridgehead atoms. The molecule has 0 saturated heterocycles. The molecular formula is C29H19N3. The molecule has 0 radical (unpaired) electrons. The first-order valence-electron chi connectivity index (χ1n) is 10.6. The van der Waals surface area contributed by atoms with E-state index in [1.807, 2.05) is 30.5 Å². The Kier molecular flexibility index (Phi) is 4.43. The van der Waals surface area contributed by atoms with E-state index in [-0.39, 0.29) is 0 Å². The summed E-state index contributed by atoms with van der Waals surface area (Å²) in [6.45, 7) is 0. The van der Waals surface area contributed by atoms with E-state index >= 15 is 0 Å². The topological polar surface area (TPSA) is 38.7 Å². The molecule has 3 aromatic carbocycles. The van der Waals surface area contributed by atoms with Crippen molar-refractivity contribution in [2.24, 2.45) is 0 Å². The fraction of sp³-hybridized carbons (Fsp3) is 0. The second-order valence-electron chi connectivity index (χ2n) is 7.79. The van der Waals surface area contributed by atoms with Crippen LogP contribution in [0.25, 0.3) is 55.4 Å². The van der Waals surface area contributed by atoms with Gasteiger partial charge in [-0.15, -0.1) is 0 Å². The first-order valence-corrected chi connectivity index (χ1v) is 10.6. The number of pyridine rings is 3. The molecule has 0 fully saturated rings. The van der Waals surface area contributed by atoms with E-state index < -0.39 is 0 Å². The molecule has 3 heterocycles. The van der Waals surface area contributed by atoms with E-state index in [1.54, 1.807) is 6.20 Å². The van der Waals surface area contributed by atoms with Gasteiger partial charge < -0.3 is 0 Å². The van der Waals surface area contributed by atoms with Crippen LogP contribution in [0.4, 0.5) is 0 Å². The van der Waals surface area contributed by atoms with E-state index in [2.05, 4.69) is 83.8 Å². The molecule has 0 atom stereocenters. The Labute approximate surface area is 186 Å². The summed E-state index contributed by atoms with van der Waals surface area (Å²) < 4.78 is 0. The number of benzene rings is 3. The molecule has 0 aliphatic rings. The summed E-state index contributed by atoms with van der Waals surface area (Å²) in [5, 5.41) is 2.16. The van der Waals surface area contributed by atoms with Crippen LogP contribution in [0.3, 0.4) is 0 Å². The van der Waals surface area contributed by atoms with Gasteiger partial charge in [0.05, 0.1) is 22.4 Å². The van der Waals surface area contributed by atoms with Gasteiger partial charge >= 0.3 is 0 Å². The lowest BCUT2D eigenvalue weighted by atomic mass is 10.0. The molecule has 6 rings (SSSR count). The minimum atomic E-state index is 0.900. The van der Waals surface area contributed by atoms with Gasteiger partial charge in [-0.2, -0.15) is 0 Å². The second-order valence-corrected chi connectivity index (χ2v) is 7.79. The zero-order valence-corrected chi connectivity index (χ0v) is 17.3. The van der Waals surface area contributed by atoms with Gasteiger partial charge in [-0.1, -0.05) is 78.9 Å². The van der Waals surface area contributed by atoms with Crippen molar-refractivity contribution in [2.45, 2.75) is 0 Å². The van der Waals surface area contributed by atoms with Crippen molar-refractivity contribution in [2.75, 3.05) is 0 Å². The molecule has 6 aromatic rings. The van der Waals surface area contributed by atoms with Crippen molar-refractivity contribution in [1.82, 2.24) is 15.0 Å². The summed E-state index contributed by atoms with van der Waals surface area (Å²) in [7, 11) is 0. The average molecular weight is 409 g/mol. The minimum Gasteiger partial charge on any atom is -0.264 e. The summed E-state index contributed by atoms with van der Waals surface area (Å²) in [6, 6.07) is 35.5. The standard InChI is InChI=1S/C29H19N3/c1-2-5-20(6-3-1)21-8-10-22(11-9-21)26-16-14-23-12-13-24-15-17-27(25-7-4-18-30-19-25)32-29(24)28(23)31-26/h1-19H. The van der Waals surface area contributed by atoms with Crippen LogP contribution >= 0.6 is 0 Å². The molecule has 3 nitrogen and oxygen atoms in total. The lowest BCUT2D eigenvalue weighted by molar-refractivity contribution is 1.30. The molecule has 0 aliphatic heterocycles. The molecule has 150 valence electrons. The summed E-state index contributed by atoms with van der Waals surface area (Å²) >= 11 is 0. The zero-order chi connectivity index (χ0) is 21.3. The van der Waals surface area contributed by atoms with Crippen molar-refractivity contribution in [3.05, 3.63) is 116 Å². The third-order valence-electron chi connectivity index (χ3n) is 5.76. The van der Waals surface area contributed by atoms with Crippen molar-refractivity contribution in [3.8, 4) is 33.6 Å². The summed E-state index contributed by atoms with van der Waals surface area (Å²) in [5.41, 5.74) is 8.17. The minimum absolute atomic E-state index is 0.900. The van der Waals surface area contributed by atoms with Crippen LogP contribution in [-0.4, -0.2) is 15.0 Å². The third kappa shape index (κ3) is 3.30. The van der Waals surface area contributed by atoms with E-state index in [0.29, 0.717) is 0 Å². The Bertz CT molecular complexity index is 1540. The van der Waals surface area contributed by atoms with E-state index in [4.69, 9.17) is 9.97 Å². The lowest BCUT2D eigenvalue weighted by Crippen LogP contribution is -1.91. The van der Waals surface area contributed by atoms with E-state index in [9.17, 15) is 0 Å². The number of aromatic nitrogens is 3. The molecule has 0 spiro atoms. The first kappa shape index (κ1) is 18.4. The Morgan fingerprint density at radius 1 is 0.406 bits per heavy atom. The van der Waals surface area contributed by atoms with Crippen molar-refractivity contribution in [3.63, 3.8) is 0 Å². The molecule has 0 amide bonds. The predicted octanol–water partition coefficient (Wildman–Crippen LogP) is 7.18. The average Bonchev–Trinajstić information content (AvgIpc) is 2.89. The van der Waals surface area contributed by atoms with Crippen LogP contribution in [0.2, 0.25) is 0 Å². The summed E-state index contributed by atoms with van der Waals surface area (Å²) in [6.07, 6.45) is 3.61. The van der Waals surface area contributed by atoms with Gasteiger partial charge in [0, 0.05) is 34.3 Å². The molecule has 32 heavy (non-hydrogen) atoms. The SMILES string of the molecule is c1ccc(-c2ccc(-c3ccc4ccc5ccc(-c6cccnc6)nc5c4n3)cc2)cc1. The number of hydrogen-bond donors (Lipinski definition) is 0. The quantitative estimate of drug-likeness (QED) is 0.291. The third-order valence-corrected chi connectivity index (χ3v) is 5.76. The predicted molar refractivity (Wildman–Crippen MR) is 131 cm³/mol. The fourth-order valence-corrected chi connectivity index (χ4v) is 4.07. The second kappa shape index (κ2) is 7.71. The van der Waals surface area contributed by atoms with Crippen LogP contribution in [0.1, 0.15) is 0 Å².